The SMILES string of the molecule is Cc1ccc2c(=O)[nH]c(=O)n(-c3cccnc3)c2c1. The molecular formula is C14H11N3O2. The molecule has 3 rings (SSSR count). The zero-order valence-corrected chi connectivity index (χ0v) is 10.3. The second kappa shape index (κ2) is 4.20. The maximum absolute atomic E-state index is 12.0. The molecule has 0 aliphatic heterocycles. The van der Waals surface area contributed by atoms with Crippen LogP contribution in [-0.4, -0.2) is 14.5 Å². The van der Waals surface area contributed by atoms with Gasteiger partial charge in [-0.1, -0.05) is 6.07 Å². The van der Waals surface area contributed by atoms with Crippen molar-refractivity contribution in [2.45, 2.75) is 6.92 Å². The number of H-pyrrole nitrogens is 1. The lowest BCUT2D eigenvalue weighted by Crippen LogP contribution is -2.29. The van der Waals surface area contributed by atoms with Crippen molar-refractivity contribution in [1.82, 2.24) is 14.5 Å². The van der Waals surface area contributed by atoms with Gasteiger partial charge in [0.1, 0.15) is 0 Å². The third-order valence-electron chi connectivity index (χ3n) is 2.97. The molecule has 5 heteroatoms. The van der Waals surface area contributed by atoms with E-state index in [0.29, 0.717) is 16.6 Å². The molecule has 0 atom stereocenters. The number of aromatic amines is 1. The predicted molar refractivity (Wildman–Crippen MR) is 72.7 cm³/mol. The molecule has 1 N–H and O–H groups in total. The summed E-state index contributed by atoms with van der Waals surface area (Å²) in [6, 6.07) is 8.90. The molecule has 94 valence electrons. The molecule has 0 saturated heterocycles. The number of aryl methyl sites for hydroxylation is 1. The molecule has 0 bridgehead atoms. The molecule has 3 aromatic rings. The van der Waals surface area contributed by atoms with E-state index in [1.807, 2.05) is 19.1 Å². The number of rotatable bonds is 1. The minimum Gasteiger partial charge on any atom is -0.273 e. The summed E-state index contributed by atoms with van der Waals surface area (Å²) in [5, 5.41) is 0.481. The van der Waals surface area contributed by atoms with Gasteiger partial charge < -0.3 is 0 Å². The molecule has 0 aliphatic carbocycles. The molecular weight excluding hydrogens is 242 g/mol. The largest absolute Gasteiger partial charge is 0.333 e. The minimum atomic E-state index is -0.462. The van der Waals surface area contributed by atoms with Crippen LogP contribution in [-0.2, 0) is 0 Å². The maximum Gasteiger partial charge on any atom is 0.333 e. The summed E-state index contributed by atoms with van der Waals surface area (Å²) in [6.07, 6.45) is 3.22. The monoisotopic (exact) mass is 253 g/mol. The summed E-state index contributed by atoms with van der Waals surface area (Å²) in [5.74, 6) is 0. The van der Waals surface area contributed by atoms with E-state index in [-0.39, 0.29) is 5.56 Å². The molecule has 0 unspecified atom stereocenters. The number of aromatic nitrogens is 3. The second-order valence-corrected chi connectivity index (χ2v) is 4.33. The molecule has 1 aromatic carbocycles. The molecule has 0 spiro atoms. The van der Waals surface area contributed by atoms with E-state index in [1.165, 1.54) is 4.57 Å². The molecule has 0 radical (unpaired) electrons. The lowest BCUT2D eigenvalue weighted by Gasteiger charge is -2.09. The van der Waals surface area contributed by atoms with Crippen LogP contribution in [0.5, 0.6) is 0 Å². The standard InChI is InChI=1S/C14H11N3O2/c1-9-4-5-11-12(7-9)17(14(19)16-13(11)18)10-3-2-6-15-8-10/h2-8H,1H3,(H,16,18,19). The van der Waals surface area contributed by atoms with Crippen LogP contribution in [0.4, 0.5) is 0 Å². The average Bonchev–Trinajstić information content (AvgIpc) is 2.39. The van der Waals surface area contributed by atoms with Crippen molar-refractivity contribution in [2.75, 3.05) is 0 Å². The van der Waals surface area contributed by atoms with Crippen LogP contribution in [0.3, 0.4) is 0 Å². The van der Waals surface area contributed by atoms with Crippen molar-refractivity contribution in [3.8, 4) is 5.69 Å². The van der Waals surface area contributed by atoms with E-state index in [1.54, 1.807) is 30.6 Å². The summed E-state index contributed by atoms with van der Waals surface area (Å²) in [6.45, 7) is 1.92. The fraction of sp³-hybridized carbons (Fsp3) is 0.0714. The third kappa shape index (κ3) is 1.85. The lowest BCUT2D eigenvalue weighted by atomic mass is 10.1. The van der Waals surface area contributed by atoms with Gasteiger partial charge in [0.05, 0.1) is 22.8 Å². The van der Waals surface area contributed by atoms with Crippen LogP contribution in [0, 0.1) is 6.92 Å². The fourth-order valence-electron chi connectivity index (χ4n) is 2.09. The van der Waals surface area contributed by atoms with E-state index in [2.05, 4.69) is 9.97 Å². The Morgan fingerprint density at radius 3 is 2.79 bits per heavy atom. The van der Waals surface area contributed by atoms with Crippen LogP contribution in [0.2, 0.25) is 0 Å². The molecule has 0 aliphatic rings. The van der Waals surface area contributed by atoms with Gasteiger partial charge in [0.15, 0.2) is 0 Å². The first kappa shape index (κ1) is 11.4. The maximum atomic E-state index is 12.0. The molecule has 2 aromatic heterocycles. The number of benzene rings is 1. The van der Waals surface area contributed by atoms with Gasteiger partial charge in [-0.15, -0.1) is 0 Å². The van der Waals surface area contributed by atoms with Crippen molar-refractivity contribution >= 4 is 10.9 Å². The second-order valence-electron chi connectivity index (χ2n) is 4.33. The highest BCUT2D eigenvalue weighted by molar-refractivity contribution is 5.80. The van der Waals surface area contributed by atoms with Crippen LogP contribution in [0.1, 0.15) is 5.56 Å². The van der Waals surface area contributed by atoms with Crippen LogP contribution >= 0.6 is 0 Å². The normalized spacial score (nSPS) is 10.8. The average molecular weight is 253 g/mol. The van der Waals surface area contributed by atoms with Crippen LogP contribution in [0.25, 0.3) is 16.6 Å². The van der Waals surface area contributed by atoms with E-state index in [4.69, 9.17) is 0 Å². The first-order chi connectivity index (χ1) is 9.16. The first-order valence-electron chi connectivity index (χ1n) is 5.83. The van der Waals surface area contributed by atoms with Gasteiger partial charge in [0.25, 0.3) is 5.56 Å². The van der Waals surface area contributed by atoms with Gasteiger partial charge in [-0.2, -0.15) is 0 Å². The predicted octanol–water partition coefficient (Wildman–Crippen LogP) is 1.38. The Morgan fingerprint density at radius 2 is 2.05 bits per heavy atom. The van der Waals surface area contributed by atoms with Gasteiger partial charge in [0.2, 0.25) is 0 Å². The van der Waals surface area contributed by atoms with Crippen molar-refractivity contribution < 1.29 is 0 Å². The van der Waals surface area contributed by atoms with E-state index in [9.17, 15) is 9.59 Å². The molecule has 2 heterocycles. The fourth-order valence-corrected chi connectivity index (χ4v) is 2.09. The van der Waals surface area contributed by atoms with Crippen molar-refractivity contribution in [3.63, 3.8) is 0 Å². The summed E-state index contributed by atoms with van der Waals surface area (Å²) in [4.78, 5) is 30.2. The zero-order chi connectivity index (χ0) is 13.4. The van der Waals surface area contributed by atoms with Crippen molar-refractivity contribution in [2.24, 2.45) is 0 Å². The number of pyridine rings is 1. The van der Waals surface area contributed by atoms with E-state index in [0.717, 1.165) is 5.56 Å². The van der Waals surface area contributed by atoms with Crippen LogP contribution in [0.15, 0.2) is 52.3 Å². The molecule has 5 nitrogen and oxygen atoms in total. The highest BCUT2D eigenvalue weighted by Gasteiger charge is 2.09. The third-order valence-corrected chi connectivity index (χ3v) is 2.97. The van der Waals surface area contributed by atoms with E-state index < -0.39 is 5.69 Å². The number of nitrogens with zero attached hydrogens (tertiary/aromatic N) is 2. The van der Waals surface area contributed by atoms with Gasteiger partial charge >= 0.3 is 5.69 Å². The molecule has 0 amide bonds. The highest BCUT2D eigenvalue weighted by Crippen LogP contribution is 2.14. The lowest BCUT2D eigenvalue weighted by molar-refractivity contribution is 0.935. The van der Waals surface area contributed by atoms with E-state index >= 15 is 0 Å². The number of hydrogen-bond acceptors (Lipinski definition) is 3. The Morgan fingerprint density at radius 1 is 1.21 bits per heavy atom. The van der Waals surface area contributed by atoms with Crippen LogP contribution < -0.4 is 11.2 Å². The minimum absolute atomic E-state index is 0.375. The number of hydrogen-bond donors (Lipinski definition) is 1. The number of nitrogens with one attached hydrogen (secondary N) is 1. The topological polar surface area (TPSA) is 67.8 Å². The van der Waals surface area contributed by atoms with Gasteiger partial charge in [0, 0.05) is 6.20 Å². The van der Waals surface area contributed by atoms with Gasteiger partial charge in [-0.05, 0) is 36.8 Å². The Labute approximate surface area is 108 Å². The molecule has 0 saturated carbocycles. The first-order valence-corrected chi connectivity index (χ1v) is 5.83. The zero-order valence-electron chi connectivity index (χ0n) is 10.3. The Hall–Kier alpha value is -2.69. The quantitative estimate of drug-likeness (QED) is 0.712. The highest BCUT2D eigenvalue weighted by atomic mass is 16.2. The Kier molecular flexibility index (Phi) is 2.52. The molecule has 19 heavy (non-hydrogen) atoms. The summed E-state index contributed by atoms with van der Waals surface area (Å²) < 4.78 is 1.46. The Bertz CT molecular complexity index is 863. The van der Waals surface area contributed by atoms with Gasteiger partial charge in [-0.25, -0.2) is 4.79 Å². The summed E-state index contributed by atoms with van der Waals surface area (Å²) in [7, 11) is 0. The summed E-state index contributed by atoms with van der Waals surface area (Å²) in [5.41, 5.74) is 1.35. The van der Waals surface area contributed by atoms with Crippen molar-refractivity contribution in [1.29, 1.82) is 0 Å². The molecule has 0 fully saturated rings. The summed E-state index contributed by atoms with van der Waals surface area (Å²) >= 11 is 0. The van der Waals surface area contributed by atoms with Gasteiger partial charge in [-0.3, -0.25) is 19.3 Å². The number of fused-ring (bicyclic) bond motifs is 1. The Balaban J connectivity index is 2.51. The smallest absolute Gasteiger partial charge is 0.273 e. The van der Waals surface area contributed by atoms with Crippen molar-refractivity contribution in [3.05, 3.63) is 69.1 Å².